The van der Waals surface area contributed by atoms with Crippen LogP contribution in [0.5, 0.6) is 0 Å². The summed E-state index contributed by atoms with van der Waals surface area (Å²) in [5, 5.41) is 0. The van der Waals surface area contributed by atoms with Gasteiger partial charge in [0.2, 0.25) is 0 Å². The van der Waals surface area contributed by atoms with Crippen molar-refractivity contribution in [3.05, 3.63) is 44.7 Å². The van der Waals surface area contributed by atoms with Crippen LogP contribution in [0, 0.1) is 6.92 Å². The highest BCUT2D eigenvalue weighted by molar-refractivity contribution is 8.26. The van der Waals surface area contributed by atoms with Gasteiger partial charge in [-0.1, -0.05) is 43.9 Å². The average molecular weight is 417 g/mol. The van der Waals surface area contributed by atoms with E-state index in [1.54, 1.807) is 23.7 Å². The van der Waals surface area contributed by atoms with Crippen LogP contribution in [0.25, 0.3) is 11.7 Å². The predicted molar refractivity (Wildman–Crippen MR) is 120 cm³/mol. The number of anilines is 1. The minimum atomic E-state index is -0.188. The Kier molecular flexibility index (Phi) is 6.20. The molecule has 0 aromatic carbocycles. The molecule has 1 aliphatic rings. The first-order valence-electron chi connectivity index (χ1n) is 9.36. The number of carbonyl (C=O) groups is 1. The molecule has 8 heteroatoms. The molecule has 1 fully saturated rings. The van der Waals surface area contributed by atoms with Gasteiger partial charge in [-0.2, -0.15) is 0 Å². The van der Waals surface area contributed by atoms with E-state index in [-0.39, 0.29) is 11.5 Å². The van der Waals surface area contributed by atoms with Crippen molar-refractivity contribution in [2.75, 3.05) is 25.0 Å². The van der Waals surface area contributed by atoms with Gasteiger partial charge < -0.3 is 4.90 Å². The molecule has 0 spiro atoms. The van der Waals surface area contributed by atoms with E-state index >= 15 is 0 Å². The second kappa shape index (κ2) is 8.45. The highest BCUT2D eigenvalue weighted by atomic mass is 32.2. The maximum atomic E-state index is 13.4. The third-order valence-electron chi connectivity index (χ3n) is 4.53. The summed E-state index contributed by atoms with van der Waals surface area (Å²) in [5.74, 6) is 0.436. The van der Waals surface area contributed by atoms with Gasteiger partial charge in [0, 0.05) is 26.3 Å². The number of rotatable bonds is 6. The molecule has 0 aliphatic carbocycles. The number of likely N-dealkylation sites (N-methyl/N-ethyl adjacent to an activating group) is 1. The van der Waals surface area contributed by atoms with E-state index in [1.807, 2.05) is 19.1 Å². The van der Waals surface area contributed by atoms with E-state index in [2.05, 4.69) is 18.7 Å². The number of pyridine rings is 1. The van der Waals surface area contributed by atoms with Crippen LogP contribution in [0.1, 0.15) is 37.8 Å². The molecular weight excluding hydrogens is 392 g/mol. The van der Waals surface area contributed by atoms with Gasteiger partial charge in [-0.25, -0.2) is 4.98 Å². The predicted octanol–water partition coefficient (Wildman–Crippen LogP) is 3.46. The molecule has 0 unspecified atom stereocenters. The maximum absolute atomic E-state index is 13.4. The van der Waals surface area contributed by atoms with Crippen LogP contribution in [0.3, 0.4) is 0 Å². The minimum absolute atomic E-state index is 0.178. The largest absolute Gasteiger partial charge is 0.356 e. The third kappa shape index (κ3) is 3.84. The molecule has 1 aliphatic heterocycles. The van der Waals surface area contributed by atoms with E-state index in [0.29, 0.717) is 26.3 Å². The molecule has 6 nitrogen and oxygen atoms in total. The number of aromatic nitrogens is 2. The fourth-order valence-electron chi connectivity index (χ4n) is 3.15. The van der Waals surface area contributed by atoms with Crippen molar-refractivity contribution < 1.29 is 4.79 Å². The Morgan fingerprint density at radius 2 is 1.89 bits per heavy atom. The SMILES string of the molecule is CCCN(CCC)c1nc2ccc(C)cn2c(=O)c1/C=C1\SC(=S)N(C)C1=O. The molecule has 1 saturated heterocycles. The zero-order valence-corrected chi connectivity index (χ0v) is 18.2. The Bertz CT molecular complexity index is 1020. The van der Waals surface area contributed by atoms with Crippen LogP contribution in [-0.2, 0) is 4.79 Å². The molecule has 0 N–H and O–H groups in total. The summed E-state index contributed by atoms with van der Waals surface area (Å²) < 4.78 is 2.04. The van der Waals surface area contributed by atoms with Gasteiger partial charge in [-0.15, -0.1) is 0 Å². The lowest BCUT2D eigenvalue weighted by atomic mass is 10.2. The van der Waals surface area contributed by atoms with Crippen LogP contribution in [0.2, 0.25) is 0 Å². The number of thiocarbonyl (C=S) groups is 1. The van der Waals surface area contributed by atoms with Gasteiger partial charge in [-0.05, 0) is 37.5 Å². The van der Waals surface area contributed by atoms with Gasteiger partial charge in [-0.3, -0.25) is 18.9 Å². The molecule has 0 bridgehead atoms. The first-order chi connectivity index (χ1) is 13.4. The zero-order chi connectivity index (χ0) is 20.4. The first kappa shape index (κ1) is 20.5. The molecule has 3 heterocycles. The number of thioether (sulfide) groups is 1. The van der Waals surface area contributed by atoms with Gasteiger partial charge in [0.05, 0.1) is 10.5 Å². The Balaban J connectivity index is 2.27. The third-order valence-corrected chi connectivity index (χ3v) is 6.02. The fraction of sp³-hybridized carbons (Fsp3) is 0.400. The summed E-state index contributed by atoms with van der Waals surface area (Å²) in [6.07, 6.45) is 5.30. The molecule has 3 rings (SSSR count). The van der Waals surface area contributed by atoms with Crippen molar-refractivity contribution in [2.45, 2.75) is 33.6 Å². The highest BCUT2D eigenvalue weighted by Gasteiger charge is 2.30. The van der Waals surface area contributed by atoms with Crippen LogP contribution in [0.15, 0.2) is 28.0 Å². The summed E-state index contributed by atoms with van der Waals surface area (Å²) in [6.45, 7) is 7.71. The second-order valence-electron chi connectivity index (χ2n) is 6.82. The molecular formula is C20H24N4O2S2. The minimum Gasteiger partial charge on any atom is -0.356 e. The smallest absolute Gasteiger partial charge is 0.267 e. The topological polar surface area (TPSA) is 57.9 Å². The van der Waals surface area contributed by atoms with Gasteiger partial charge in [0.1, 0.15) is 15.8 Å². The van der Waals surface area contributed by atoms with Crippen molar-refractivity contribution in [3.8, 4) is 0 Å². The summed E-state index contributed by atoms with van der Waals surface area (Å²) in [5.41, 5.74) is 1.82. The van der Waals surface area contributed by atoms with Gasteiger partial charge in [0.25, 0.3) is 11.5 Å². The lowest BCUT2D eigenvalue weighted by Gasteiger charge is -2.24. The van der Waals surface area contributed by atoms with E-state index in [9.17, 15) is 9.59 Å². The van der Waals surface area contributed by atoms with E-state index in [0.717, 1.165) is 31.5 Å². The van der Waals surface area contributed by atoms with Crippen LogP contribution < -0.4 is 10.5 Å². The number of hydrogen-bond acceptors (Lipinski definition) is 6. The van der Waals surface area contributed by atoms with Crippen molar-refractivity contribution in [1.82, 2.24) is 14.3 Å². The molecule has 148 valence electrons. The summed E-state index contributed by atoms with van der Waals surface area (Å²) in [6, 6.07) is 3.79. The van der Waals surface area contributed by atoms with Crippen molar-refractivity contribution in [2.24, 2.45) is 0 Å². The monoisotopic (exact) mass is 416 g/mol. The van der Waals surface area contributed by atoms with Gasteiger partial charge in [0.15, 0.2) is 0 Å². The highest BCUT2D eigenvalue weighted by Crippen LogP contribution is 2.32. The van der Waals surface area contributed by atoms with Crippen LogP contribution in [-0.4, -0.2) is 44.6 Å². The molecule has 1 amide bonds. The average Bonchev–Trinajstić information content (AvgIpc) is 2.91. The molecule has 2 aromatic rings. The Morgan fingerprint density at radius 1 is 1.21 bits per heavy atom. The van der Waals surface area contributed by atoms with Gasteiger partial charge >= 0.3 is 0 Å². The zero-order valence-electron chi connectivity index (χ0n) is 16.6. The number of amides is 1. The number of hydrogen-bond donors (Lipinski definition) is 0. The van der Waals surface area contributed by atoms with Crippen molar-refractivity contribution in [1.29, 1.82) is 0 Å². The number of fused-ring (bicyclic) bond motifs is 1. The summed E-state index contributed by atoms with van der Waals surface area (Å²) >= 11 is 6.44. The number of aryl methyl sites for hydroxylation is 1. The van der Waals surface area contributed by atoms with E-state index in [1.165, 1.54) is 16.7 Å². The Labute approximate surface area is 174 Å². The Morgan fingerprint density at radius 3 is 2.46 bits per heavy atom. The molecule has 0 saturated carbocycles. The van der Waals surface area contributed by atoms with E-state index < -0.39 is 0 Å². The van der Waals surface area contributed by atoms with Crippen LogP contribution >= 0.6 is 24.0 Å². The first-order valence-corrected chi connectivity index (χ1v) is 10.6. The lowest BCUT2D eigenvalue weighted by Crippen LogP contribution is -2.31. The maximum Gasteiger partial charge on any atom is 0.267 e. The Hall–Kier alpha value is -2.19. The normalized spacial score (nSPS) is 15.9. The molecule has 2 aromatic heterocycles. The summed E-state index contributed by atoms with van der Waals surface area (Å²) in [4.78, 5) is 34.6. The quantitative estimate of drug-likeness (QED) is 0.531. The van der Waals surface area contributed by atoms with Crippen molar-refractivity contribution >= 4 is 51.7 Å². The fourth-order valence-corrected chi connectivity index (χ4v) is 4.32. The molecule has 28 heavy (non-hydrogen) atoms. The standard InChI is InChI=1S/C20H24N4O2S2/c1-5-9-23(10-6-2)17-14(11-15-19(26)22(4)20(27)28-15)18(25)24-12-13(3)7-8-16(24)21-17/h7-8,11-12H,5-6,9-10H2,1-4H3/b15-11-. The number of nitrogens with zero attached hydrogens (tertiary/aromatic N) is 4. The van der Waals surface area contributed by atoms with Crippen LogP contribution in [0.4, 0.5) is 5.82 Å². The van der Waals surface area contributed by atoms with E-state index in [4.69, 9.17) is 17.2 Å². The number of carbonyl (C=O) groups excluding carboxylic acids is 1. The molecule has 0 radical (unpaired) electrons. The van der Waals surface area contributed by atoms with Crippen molar-refractivity contribution in [3.63, 3.8) is 0 Å². The second-order valence-corrected chi connectivity index (χ2v) is 8.49. The summed E-state index contributed by atoms with van der Waals surface area (Å²) in [7, 11) is 1.65. The lowest BCUT2D eigenvalue weighted by molar-refractivity contribution is -0.121. The molecule has 0 atom stereocenters.